The molecule has 0 fully saturated rings. The second-order valence-corrected chi connectivity index (χ2v) is 4.13. The van der Waals surface area contributed by atoms with Crippen LogP contribution in [0.2, 0.25) is 0 Å². The van der Waals surface area contributed by atoms with E-state index in [1.54, 1.807) is 12.1 Å². The van der Waals surface area contributed by atoms with E-state index in [9.17, 15) is 4.79 Å². The van der Waals surface area contributed by atoms with Gasteiger partial charge < -0.3 is 4.74 Å². The summed E-state index contributed by atoms with van der Waals surface area (Å²) in [4.78, 5) is 11.4. The largest absolute Gasteiger partial charge is 0.496 e. The zero-order valence-corrected chi connectivity index (χ0v) is 10.8. The molecule has 1 rings (SSSR count). The van der Waals surface area contributed by atoms with E-state index < -0.39 is 0 Å². The van der Waals surface area contributed by atoms with Gasteiger partial charge >= 0.3 is 0 Å². The Morgan fingerprint density at radius 3 is 2.80 bits per heavy atom. The number of nitriles is 1. The molecule has 0 saturated carbocycles. The van der Waals surface area contributed by atoms with Gasteiger partial charge in [0.15, 0.2) is 5.78 Å². The first kappa shape index (κ1) is 12.3. The Labute approximate surface area is 106 Å². The quantitative estimate of drug-likeness (QED) is 0.485. The summed E-state index contributed by atoms with van der Waals surface area (Å²) < 4.78 is 5.74. The van der Waals surface area contributed by atoms with Crippen molar-refractivity contribution in [1.82, 2.24) is 0 Å². The maximum Gasteiger partial charge on any atom is 0.181 e. The highest BCUT2D eigenvalue weighted by atomic mass is 127. The van der Waals surface area contributed by atoms with Crippen LogP contribution < -0.4 is 4.74 Å². The highest BCUT2D eigenvalue weighted by Crippen LogP contribution is 2.25. The zero-order valence-electron chi connectivity index (χ0n) is 7.88. The highest BCUT2D eigenvalue weighted by Gasteiger charge is 2.14. The van der Waals surface area contributed by atoms with E-state index in [1.165, 1.54) is 7.11 Å². The summed E-state index contributed by atoms with van der Waals surface area (Å²) in [5.74, 6) is 0.0757. The fourth-order valence-corrected chi connectivity index (χ4v) is 1.83. The molecule has 0 aliphatic rings. The SMILES string of the molecule is COc1cc(C#N)c(I)cc1C(=O)CCl. The van der Waals surface area contributed by atoms with Gasteiger partial charge in [0, 0.05) is 3.57 Å². The summed E-state index contributed by atoms with van der Waals surface area (Å²) in [6, 6.07) is 5.18. The lowest BCUT2D eigenvalue weighted by atomic mass is 10.1. The molecule has 0 bridgehead atoms. The topological polar surface area (TPSA) is 50.1 Å². The number of halogens is 2. The number of hydrogen-bond donors (Lipinski definition) is 0. The third-order valence-corrected chi connectivity index (χ3v) is 2.97. The van der Waals surface area contributed by atoms with Gasteiger partial charge in [-0.15, -0.1) is 11.6 Å². The summed E-state index contributed by atoms with van der Waals surface area (Å²) in [7, 11) is 1.45. The zero-order chi connectivity index (χ0) is 11.4. The average Bonchev–Trinajstić information content (AvgIpc) is 2.27. The molecule has 0 amide bonds. The van der Waals surface area contributed by atoms with Gasteiger partial charge in [-0.2, -0.15) is 5.26 Å². The molecule has 78 valence electrons. The number of alkyl halides is 1. The number of carbonyl (C=O) groups is 1. The third kappa shape index (κ3) is 2.61. The van der Waals surface area contributed by atoms with Gasteiger partial charge in [0.1, 0.15) is 11.8 Å². The van der Waals surface area contributed by atoms with E-state index in [2.05, 4.69) is 0 Å². The van der Waals surface area contributed by atoms with E-state index in [0.29, 0.717) is 20.4 Å². The average molecular weight is 336 g/mol. The number of ketones is 1. The van der Waals surface area contributed by atoms with Crippen LogP contribution in [0.3, 0.4) is 0 Å². The van der Waals surface area contributed by atoms with E-state index >= 15 is 0 Å². The minimum absolute atomic E-state index is 0.0989. The van der Waals surface area contributed by atoms with Gasteiger partial charge in [0.25, 0.3) is 0 Å². The summed E-state index contributed by atoms with van der Waals surface area (Å²) in [5, 5.41) is 8.80. The van der Waals surface area contributed by atoms with E-state index in [4.69, 9.17) is 21.6 Å². The first-order chi connectivity index (χ1) is 7.13. The third-order valence-electron chi connectivity index (χ3n) is 1.83. The lowest BCUT2D eigenvalue weighted by Crippen LogP contribution is -2.04. The number of benzene rings is 1. The van der Waals surface area contributed by atoms with E-state index in [1.807, 2.05) is 28.7 Å². The van der Waals surface area contributed by atoms with Gasteiger partial charge in [-0.3, -0.25) is 4.79 Å². The fourth-order valence-electron chi connectivity index (χ4n) is 1.10. The molecule has 0 radical (unpaired) electrons. The van der Waals surface area contributed by atoms with Crippen LogP contribution in [0.15, 0.2) is 12.1 Å². The molecule has 0 saturated heterocycles. The summed E-state index contributed by atoms with van der Waals surface area (Å²) >= 11 is 7.46. The van der Waals surface area contributed by atoms with Gasteiger partial charge in [-0.1, -0.05) is 0 Å². The Morgan fingerprint density at radius 2 is 2.33 bits per heavy atom. The van der Waals surface area contributed by atoms with Crippen molar-refractivity contribution in [2.24, 2.45) is 0 Å². The molecule has 3 nitrogen and oxygen atoms in total. The van der Waals surface area contributed by atoms with Crippen molar-refractivity contribution in [3.63, 3.8) is 0 Å². The molecule has 0 atom stereocenters. The van der Waals surface area contributed by atoms with Crippen molar-refractivity contribution in [3.8, 4) is 11.8 Å². The molecule has 15 heavy (non-hydrogen) atoms. The molecule has 0 N–H and O–H groups in total. The maximum atomic E-state index is 11.4. The minimum atomic E-state index is -0.212. The second kappa shape index (κ2) is 5.33. The van der Waals surface area contributed by atoms with Gasteiger partial charge in [0.2, 0.25) is 0 Å². The number of ether oxygens (including phenoxy) is 1. The summed E-state index contributed by atoms with van der Waals surface area (Å²) in [5.41, 5.74) is 0.898. The van der Waals surface area contributed by atoms with Crippen LogP contribution in [0.1, 0.15) is 15.9 Å². The van der Waals surface area contributed by atoms with Crippen LogP contribution >= 0.6 is 34.2 Å². The molecule has 0 aromatic heterocycles. The summed E-state index contributed by atoms with van der Waals surface area (Å²) in [6.07, 6.45) is 0. The maximum absolute atomic E-state index is 11.4. The molecule has 1 aromatic carbocycles. The number of carbonyl (C=O) groups excluding carboxylic acids is 1. The fraction of sp³-hybridized carbons (Fsp3) is 0.200. The number of Topliss-reactive ketones (excluding diaryl/α,β-unsaturated/α-hetero) is 1. The molecule has 0 aliphatic carbocycles. The predicted octanol–water partition coefficient (Wildman–Crippen LogP) is 2.59. The predicted molar refractivity (Wildman–Crippen MR) is 65.5 cm³/mol. The lowest BCUT2D eigenvalue weighted by molar-refractivity contribution is 0.101. The standard InChI is InChI=1S/C10H7ClINO2/c1-15-10-2-6(5-13)8(12)3-7(10)9(14)4-11/h2-3H,4H2,1H3. The monoisotopic (exact) mass is 335 g/mol. The van der Waals surface area contributed by atoms with Crippen LogP contribution in [-0.4, -0.2) is 18.8 Å². The van der Waals surface area contributed by atoms with Crippen LogP contribution in [-0.2, 0) is 0 Å². The highest BCUT2D eigenvalue weighted by molar-refractivity contribution is 14.1. The van der Waals surface area contributed by atoms with Crippen molar-refractivity contribution in [2.75, 3.05) is 13.0 Å². The van der Waals surface area contributed by atoms with Crippen molar-refractivity contribution < 1.29 is 9.53 Å². The smallest absolute Gasteiger partial charge is 0.181 e. The minimum Gasteiger partial charge on any atom is -0.496 e. The lowest BCUT2D eigenvalue weighted by Gasteiger charge is -2.07. The van der Waals surface area contributed by atoms with Gasteiger partial charge in [-0.25, -0.2) is 0 Å². The van der Waals surface area contributed by atoms with Crippen LogP contribution in [0, 0.1) is 14.9 Å². The molecule has 0 heterocycles. The van der Waals surface area contributed by atoms with Crippen molar-refractivity contribution in [3.05, 3.63) is 26.8 Å². The second-order valence-electron chi connectivity index (χ2n) is 2.70. The van der Waals surface area contributed by atoms with E-state index in [0.717, 1.165) is 0 Å². The molecule has 0 spiro atoms. The molecule has 5 heteroatoms. The van der Waals surface area contributed by atoms with Gasteiger partial charge in [0.05, 0.1) is 24.1 Å². The van der Waals surface area contributed by atoms with Crippen molar-refractivity contribution in [1.29, 1.82) is 5.26 Å². The Morgan fingerprint density at radius 1 is 1.67 bits per heavy atom. The Balaban J connectivity index is 3.35. The normalized spacial score (nSPS) is 9.47. The van der Waals surface area contributed by atoms with E-state index in [-0.39, 0.29) is 11.7 Å². The Hall–Kier alpha value is -0.800. The number of hydrogen-bond acceptors (Lipinski definition) is 3. The van der Waals surface area contributed by atoms with Crippen LogP contribution in [0.25, 0.3) is 0 Å². The van der Waals surface area contributed by atoms with Gasteiger partial charge in [-0.05, 0) is 34.7 Å². The van der Waals surface area contributed by atoms with Crippen LogP contribution in [0.4, 0.5) is 0 Å². The molecular weight excluding hydrogens is 328 g/mol. The summed E-state index contributed by atoms with van der Waals surface area (Å²) in [6.45, 7) is 0. The number of methoxy groups -OCH3 is 1. The molecule has 1 aromatic rings. The first-order valence-electron chi connectivity index (χ1n) is 4.00. The molecule has 0 aliphatic heterocycles. The molecule has 0 unspecified atom stereocenters. The Kier molecular flexibility index (Phi) is 4.36. The number of rotatable bonds is 3. The molecular formula is C10H7ClINO2. The first-order valence-corrected chi connectivity index (χ1v) is 5.62. The van der Waals surface area contributed by atoms with Crippen LogP contribution in [0.5, 0.6) is 5.75 Å². The van der Waals surface area contributed by atoms with Crippen molar-refractivity contribution in [2.45, 2.75) is 0 Å². The Bertz CT molecular complexity index is 440. The number of nitrogens with zero attached hydrogens (tertiary/aromatic N) is 1. The van der Waals surface area contributed by atoms with Crippen molar-refractivity contribution >= 4 is 40.0 Å².